The van der Waals surface area contributed by atoms with E-state index < -0.39 is 0 Å². The van der Waals surface area contributed by atoms with Gasteiger partial charge in [0.15, 0.2) is 0 Å². The minimum Gasteiger partial charge on any atom is -0.496 e. The molecule has 0 bridgehead atoms. The van der Waals surface area contributed by atoms with E-state index >= 15 is 0 Å². The normalized spacial score (nSPS) is 19.4. The molecule has 20 heavy (non-hydrogen) atoms. The fourth-order valence-electron chi connectivity index (χ4n) is 2.52. The molecule has 0 aliphatic carbocycles. The zero-order chi connectivity index (χ0) is 14.5. The molecule has 1 unspecified atom stereocenters. The smallest absolute Gasteiger partial charge is 0.246 e. The summed E-state index contributed by atoms with van der Waals surface area (Å²) in [6, 6.07) is 6.09. The van der Waals surface area contributed by atoms with Crippen molar-refractivity contribution < 1.29 is 9.53 Å². The van der Waals surface area contributed by atoms with Gasteiger partial charge < -0.3 is 9.64 Å². The summed E-state index contributed by atoms with van der Waals surface area (Å²) >= 11 is 3.43. The molecule has 0 saturated carbocycles. The van der Waals surface area contributed by atoms with Crippen molar-refractivity contribution in [2.45, 2.75) is 32.2 Å². The molecule has 2 rings (SSSR count). The van der Waals surface area contributed by atoms with Gasteiger partial charge in [0.1, 0.15) is 5.75 Å². The van der Waals surface area contributed by atoms with Crippen LogP contribution >= 0.6 is 15.9 Å². The maximum atomic E-state index is 12.3. The SMILES string of the molecule is COc1ccc(Br)cc1/C=C/C(=O)N1CCCCC1C. The largest absolute Gasteiger partial charge is 0.496 e. The second kappa shape index (κ2) is 6.93. The highest BCUT2D eigenvalue weighted by molar-refractivity contribution is 9.10. The van der Waals surface area contributed by atoms with Gasteiger partial charge in [0.05, 0.1) is 7.11 Å². The first-order chi connectivity index (χ1) is 9.61. The summed E-state index contributed by atoms with van der Waals surface area (Å²) in [5.41, 5.74) is 0.903. The van der Waals surface area contributed by atoms with Crippen LogP contribution in [0.4, 0.5) is 0 Å². The number of halogens is 1. The Balaban J connectivity index is 2.12. The molecule has 1 aliphatic rings. The van der Waals surface area contributed by atoms with Gasteiger partial charge in [-0.2, -0.15) is 0 Å². The molecule has 0 spiro atoms. The summed E-state index contributed by atoms with van der Waals surface area (Å²) in [6.45, 7) is 2.98. The molecule has 1 amide bonds. The summed E-state index contributed by atoms with van der Waals surface area (Å²) in [6.07, 6.45) is 6.89. The summed E-state index contributed by atoms with van der Waals surface area (Å²) in [4.78, 5) is 14.2. The molecule has 1 aromatic rings. The number of nitrogens with zero attached hydrogens (tertiary/aromatic N) is 1. The Bertz CT molecular complexity index is 513. The topological polar surface area (TPSA) is 29.5 Å². The molecular formula is C16H20BrNO2. The molecule has 1 aliphatic heterocycles. The van der Waals surface area contributed by atoms with Crippen molar-refractivity contribution in [3.05, 3.63) is 34.3 Å². The molecule has 0 N–H and O–H groups in total. The van der Waals surface area contributed by atoms with E-state index in [1.807, 2.05) is 29.2 Å². The fraction of sp³-hybridized carbons (Fsp3) is 0.438. The zero-order valence-corrected chi connectivity index (χ0v) is 13.5. The predicted molar refractivity (Wildman–Crippen MR) is 84.8 cm³/mol. The van der Waals surface area contributed by atoms with E-state index in [0.29, 0.717) is 6.04 Å². The lowest BCUT2D eigenvalue weighted by molar-refractivity contribution is -0.129. The number of carbonyl (C=O) groups is 1. The molecular weight excluding hydrogens is 318 g/mol. The van der Waals surface area contributed by atoms with Crippen LogP contribution in [0.2, 0.25) is 0 Å². The van der Waals surface area contributed by atoms with Gasteiger partial charge in [-0.15, -0.1) is 0 Å². The molecule has 1 fully saturated rings. The number of piperidine rings is 1. The number of rotatable bonds is 3. The van der Waals surface area contributed by atoms with E-state index in [1.54, 1.807) is 13.2 Å². The minimum atomic E-state index is 0.0826. The Hall–Kier alpha value is -1.29. The van der Waals surface area contributed by atoms with Crippen molar-refractivity contribution in [3.8, 4) is 5.75 Å². The van der Waals surface area contributed by atoms with Gasteiger partial charge in [-0.25, -0.2) is 0 Å². The third-order valence-corrected chi connectivity index (χ3v) is 4.18. The summed E-state index contributed by atoms with van der Waals surface area (Å²) in [5, 5.41) is 0. The van der Waals surface area contributed by atoms with Gasteiger partial charge in [-0.1, -0.05) is 15.9 Å². The van der Waals surface area contributed by atoms with E-state index in [2.05, 4.69) is 22.9 Å². The maximum absolute atomic E-state index is 12.3. The highest BCUT2D eigenvalue weighted by Crippen LogP contribution is 2.24. The number of carbonyl (C=O) groups excluding carboxylic acids is 1. The Kier molecular flexibility index (Phi) is 5.24. The highest BCUT2D eigenvalue weighted by Gasteiger charge is 2.21. The van der Waals surface area contributed by atoms with Crippen molar-refractivity contribution >= 4 is 27.9 Å². The Morgan fingerprint density at radius 3 is 2.95 bits per heavy atom. The van der Waals surface area contributed by atoms with Crippen LogP contribution in [0.1, 0.15) is 31.7 Å². The molecule has 108 valence electrons. The summed E-state index contributed by atoms with van der Waals surface area (Å²) in [7, 11) is 1.63. The van der Waals surface area contributed by atoms with E-state index in [-0.39, 0.29) is 5.91 Å². The van der Waals surface area contributed by atoms with Gasteiger partial charge in [0, 0.05) is 28.7 Å². The number of ether oxygens (including phenoxy) is 1. The Morgan fingerprint density at radius 1 is 1.45 bits per heavy atom. The van der Waals surface area contributed by atoms with E-state index in [1.165, 1.54) is 6.42 Å². The number of hydrogen-bond acceptors (Lipinski definition) is 2. The first-order valence-corrected chi connectivity index (χ1v) is 7.73. The van der Waals surface area contributed by atoms with Gasteiger partial charge in [-0.3, -0.25) is 4.79 Å². The third-order valence-electron chi connectivity index (χ3n) is 3.68. The maximum Gasteiger partial charge on any atom is 0.246 e. The zero-order valence-electron chi connectivity index (χ0n) is 11.9. The van der Waals surface area contributed by atoms with Gasteiger partial charge in [-0.05, 0) is 50.5 Å². The van der Waals surface area contributed by atoms with Crippen LogP contribution in [-0.4, -0.2) is 30.5 Å². The standard InChI is InChI=1S/C16H20BrNO2/c1-12-5-3-4-10-18(12)16(19)9-6-13-11-14(17)7-8-15(13)20-2/h6-9,11-12H,3-5,10H2,1-2H3/b9-6+. The van der Waals surface area contributed by atoms with Crippen LogP contribution in [0.5, 0.6) is 5.75 Å². The summed E-state index contributed by atoms with van der Waals surface area (Å²) in [5.74, 6) is 0.850. The number of likely N-dealkylation sites (tertiary alicyclic amines) is 1. The van der Waals surface area contributed by atoms with Gasteiger partial charge in [0.25, 0.3) is 0 Å². The monoisotopic (exact) mass is 337 g/mol. The number of hydrogen-bond donors (Lipinski definition) is 0. The van der Waals surface area contributed by atoms with Crippen LogP contribution in [0.25, 0.3) is 6.08 Å². The number of amides is 1. The third kappa shape index (κ3) is 3.63. The first-order valence-electron chi connectivity index (χ1n) is 6.94. The minimum absolute atomic E-state index is 0.0826. The lowest BCUT2D eigenvalue weighted by Crippen LogP contribution is -2.41. The number of methoxy groups -OCH3 is 1. The summed E-state index contributed by atoms with van der Waals surface area (Å²) < 4.78 is 6.27. The molecule has 4 heteroatoms. The molecule has 1 aromatic carbocycles. The van der Waals surface area contributed by atoms with Crippen LogP contribution in [0.15, 0.2) is 28.7 Å². The lowest BCUT2D eigenvalue weighted by Gasteiger charge is -2.32. The lowest BCUT2D eigenvalue weighted by atomic mass is 10.0. The van der Waals surface area contributed by atoms with Crippen molar-refractivity contribution in [2.75, 3.05) is 13.7 Å². The average molecular weight is 338 g/mol. The Morgan fingerprint density at radius 2 is 2.25 bits per heavy atom. The predicted octanol–water partition coefficient (Wildman–Crippen LogP) is 3.87. The molecule has 3 nitrogen and oxygen atoms in total. The molecule has 1 heterocycles. The van der Waals surface area contributed by atoms with Gasteiger partial charge in [0.2, 0.25) is 5.91 Å². The molecule has 0 aromatic heterocycles. The van der Waals surface area contributed by atoms with Crippen molar-refractivity contribution in [1.29, 1.82) is 0 Å². The van der Waals surface area contributed by atoms with Crippen LogP contribution in [-0.2, 0) is 4.79 Å². The molecule has 1 saturated heterocycles. The van der Waals surface area contributed by atoms with Crippen LogP contribution < -0.4 is 4.74 Å². The van der Waals surface area contributed by atoms with Crippen LogP contribution in [0.3, 0.4) is 0 Å². The Labute approximate surface area is 128 Å². The molecule has 1 atom stereocenters. The van der Waals surface area contributed by atoms with Crippen molar-refractivity contribution in [3.63, 3.8) is 0 Å². The molecule has 0 radical (unpaired) electrons. The average Bonchev–Trinajstić information content (AvgIpc) is 2.45. The fourth-order valence-corrected chi connectivity index (χ4v) is 2.90. The van der Waals surface area contributed by atoms with Gasteiger partial charge >= 0.3 is 0 Å². The van der Waals surface area contributed by atoms with E-state index in [0.717, 1.165) is 35.2 Å². The highest BCUT2D eigenvalue weighted by atomic mass is 79.9. The second-order valence-electron chi connectivity index (χ2n) is 5.10. The first kappa shape index (κ1) is 15.1. The quantitative estimate of drug-likeness (QED) is 0.783. The van der Waals surface area contributed by atoms with Crippen molar-refractivity contribution in [2.24, 2.45) is 0 Å². The van der Waals surface area contributed by atoms with Crippen molar-refractivity contribution in [1.82, 2.24) is 4.90 Å². The number of benzene rings is 1. The van der Waals surface area contributed by atoms with E-state index in [4.69, 9.17) is 4.74 Å². The van der Waals surface area contributed by atoms with E-state index in [9.17, 15) is 4.79 Å². The van der Waals surface area contributed by atoms with Crippen LogP contribution in [0, 0.1) is 0 Å². The second-order valence-corrected chi connectivity index (χ2v) is 6.01.